The Morgan fingerprint density at radius 3 is 2.65 bits per heavy atom. The van der Waals surface area contributed by atoms with E-state index in [1.54, 1.807) is 7.11 Å². The zero-order chi connectivity index (χ0) is 21.8. The highest BCUT2D eigenvalue weighted by molar-refractivity contribution is 5.95. The van der Waals surface area contributed by atoms with E-state index in [0.717, 1.165) is 64.6 Å². The van der Waals surface area contributed by atoms with Crippen LogP contribution in [0, 0.1) is 0 Å². The number of benzene rings is 1. The molecule has 1 aromatic carbocycles. The molecule has 0 atom stereocenters. The first-order valence-electron chi connectivity index (χ1n) is 10.5. The Morgan fingerprint density at radius 2 is 2.03 bits per heavy atom. The number of likely N-dealkylation sites (tertiary alicyclic amines) is 1. The number of carbonyl (C=O) groups is 1. The van der Waals surface area contributed by atoms with Crippen LogP contribution in [0.5, 0.6) is 5.75 Å². The number of rotatable bonds is 5. The molecular weight excluding hydrogens is 392 g/mol. The van der Waals surface area contributed by atoms with Gasteiger partial charge in [-0.25, -0.2) is 4.79 Å². The Bertz CT molecular complexity index is 1160. The number of nitrogens with two attached hydrogens (primary N) is 1. The lowest BCUT2D eigenvalue weighted by molar-refractivity contribution is 0.0672. The maximum atomic E-state index is 12.3. The number of hydrogen-bond acceptors (Lipinski definition) is 5. The standard InChI is InChI=1S/C24H26N4O3/c1-28-12-24(11-25,13-28)22-20(23(29)30)17-8-5-15-10-26-19(9-18(15)21(17)27-22)14-3-6-16(31-2)7-4-14/h3-4,6-7,9-10,27H,5,8,11-13,25H2,1-2H3,(H,29,30). The number of hydrogen-bond donors (Lipinski definition) is 3. The molecule has 1 fully saturated rings. The number of ether oxygens (including phenoxy) is 1. The summed E-state index contributed by atoms with van der Waals surface area (Å²) in [6, 6.07) is 9.84. The van der Waals surface area contributed by atoms with Crippen molar-refractivity contribution in [3.05, 3.63) is 58.9 Å². The number of nitrogens with zero attached hydrogens (tertiary/aromatic N) is 2. The highest BCUT2D eigenvalue weighted by atomic mass is 16.5. The smallest absolute Gasteiger partial charge is 0.337 e. The zero-order valence-corrected chi connectivity index (χ0v) is 17.7. The molecule has 2 aromatic heterocycles. The van der Waals surface area contributed by atoms with E-state index in [9.17, 15) is 9.90 Å². The number of fused-ring (bicyclic) bond motifs is 3. The summed E-state index contributed by atoms with van der Waals surface area (Å²) in [6.45, 7) is 1.92. The lowest BCUT2D eigenvalue weighted by Crippen LogP contribution is -2.61. The minimum absolute atomic E-state index is 0.341. The second-order valence-corrected chi connectivity index (χ2v) is 8.65. The van der Waals surface area contributed by atoms with Crippen molar-refractivity contribution in [2.24, 2.45) is 5.73 Å². The van der Waals surface area contributed by atoms with Crippen LogP contribution in [-0.2, 0) is 18.3 Å². The second kappa shape index (κ2) is 7.21. The summed E-state index contributed by atoms with van der Waals surface area (Å²) in [6.07, 6.45) is 3.36. The normalized spacial score (nSPS) is 16.9. The van der Waals surface area contributed by atoms with E-state index in [4.69, 9.17) is 10.5 Å². The molecule has 0 unspecified atom stereocenters. The van der Waals surface area contributed by atoms with Crippen LogP contribution in [0.15, 0.2) is 36.5 Å². The Labute approximate surface area is 180 Å². The molecule has 3 aromatic rings. The second-order valence-electron chi connectivity index (χ2n) is 8.65. The van der Waals surface area contributed by atoms with Crippen LogP contribution in [0.1, 0.15) is 27.2 Å². The summed E-state index contributed by atoms with van der Waals surface area (Å²) in [7, 11) is 3.67. The van der Waals surface area contributed by atoms with E-state index < -0.39 is 5.97 Å². The molecule has 1 aliphatic heterocycles. The molecule has 0 saturated carbocycles. The van der Waals surface area contributed by atoms with Crippen LogP contribution in [0.4, 0.5) is 0 Å². The molecule has 0 spiro atoms. The van der Waals surface area contributed by atoms with E-state index in [1.165, 1.54) is 0 Å². The number of carboxylic acids is 1. The molecule has 7 heteroatoms. The fourth-order valence-electron chi connectivity index (χ4n) is 5.12. The van der Waals surface area contributed by atoms with Gasteiger partial charge in [0.2, 0.25) is 0 Å². The van der Waals surface area contributed by atoms with E-state index in [1.807, 2.05) is 37.5 Å². The number of aromatic amines is 1. The molecular formula is C24H26N4O3. The summed E-state index contributed by atoms with van der Waals surface area (Å²) >= 11 is 0. The van der Waals surface area contributed by atoms with Crippen LogP contribution in [-0.4, -0.2) is 59.7 Å². The van der Waals surface area contributed by atoms with Crippen LogP contribution in [0.25, 0.3) is 22.5 Å². The average molecular weight is 418 g/mol. The number of likely N-dealkylation sites (N-methyl/N-ethyl adjacent to an activating group) is 1. The van der Waals surface area contributed by atoms with Gasteiger partial charge < -0.3 is 25.5 Å². The van der Waals surface area contributed by atoms with Gasteiger partial charge in [0.1, 0.15) is 5.75 Å². The van der Waals surface area contributed by atoms with Gasteiger partial charge in [0.15, 0.2) is 0 Å². The maximum Gasteiger partial charge on any atom is 0.337 e. The lowest BCUT2D eigenvalue weighted by atomic mass is 9.75. The number of nitrogens with one attached hydrogen (secondary N) is 1. The molecule has 3 heterocycles. The van der Waals surface area contributed by atoms with Gasteiger partial charge in [-0.1, -0.05) is 0 Å². The predicted molar refractivity (Wildman–Crippen MR) is 119 cm³/mol. The summed E-state index contributed by atoms with van der Waals surface area (Å²) < 4.78 is 5.25. The van der Waals surface area contributed by atoms with Crippen molar-refractivity contribution in [3.8, 4) is 28.3 Å². The van der Waals surface area contributed by atoms with Gasteiger partial charge in [0.05, 0.1) is 24.1 Å². The third-order valence-corrected chi connectivity index (χ3v) is 6.67. The number of H-pyrrole nitrogens is 1. The molecule has 5 rings (SSSR count). The molecule has 31 heavy (non-hydrogen) atoms. The number of pyridine rings is 1. The topological polar surface area (TPSA) is 104 Å². The maximum absolute atomic E-state index is 12.3. The Morgan fingerprint density at radius 1 is 1.29 bits per heavy atom. The number of methoxy groups -OCH3 is 1. The summed E-state index contributed by atoms with van der Waals surface area (Å²) in [5.41, 5.74) is 12.7. The molecule has 1 saturated heterocycles. The van der Waals surface area contributed by atoms with Crippen molar-refractivity contribution in [3.63, 3.8) is 0 Å². The SMILES string of the molecule is COc1ccc(-c2cc3c(cn2)CCc2c-3[nH]c(C3(CN)CN(C)C3)c2C(=O)O)cc1. The number of aromatic carboxylic acids is 1. The molecule has 4 N–H and O–H groups in total. The Kier molecular flexibility index (Phi) is 4.60. The van der Waals surface area contributed by atoms with Crippen LogP contribution in [0.3, 0.4) is 0 Å². The number of aromatic nitrogens is 2. The first-order chi connectivity index (χ1) is 15.0. The first-order valence-corrected chi connectivity index (χ1v) is 10.5. The minimum Gasteiger partial charge on any atom is -0.497 e. The van der Waals surface area contributed by atoms with Crippen molar-refractivity contribution in [1.29, 1.82) is 0 Å². The quantitative estimate of drug-likeness (QED) is 0.589. The number of aryl methyl sites for hydroxylation is 1. The summed E-state index contributed by atoms with van der Waals surface area (Å²) in [5.74, 6) is -0.0931. The van der Waals surface area contributed by atoms with Gasteiger partial charge in [-0.3, -0.25) is 4.98 Å². The molecule has 2 aliphatic rings. The molecule has 0 bridgehead atoms. The van der Waals surface area contributed by atoms with Crippen molar-refractivity contribution in [2.75, 3.05) is 33.8 Å². The summed E-state index contributed by atoms with van der Waals surface area (Å²) in [4.78, 5) is 22.6. The van der Waals surface area contributed by atoms with Crippen LogP contribution < -0.4 is 10.5 Å². The highest BCUT2D eigenvalue weighted by Gasteiger charge is 2.46. The van der Waals surface area contributed by atoms with Gasteiger partial charge in [0.25, 0.3) is 0 Å². The number of carboxylic acid groups (broad SMARTS) is 1. The molecule has 160 valence electrons. The van der Waals surface area contributed by atoms with Gasteiger partial charge in [0, 0.05) is 48.1 Å². The van der Waals surface area contributed by atoms with E-state index in [2.05, 4.69) is 20.9 Å². The largest absolute Gasteiger partial charge is 0.497 e. The molecule has 0 radical (unpaired) electrons. The van der Waals surface area contributed by atoms with Gasteiger partial charge >= 0.3 is 5.97 Å². The van der Waals surface area contributed by atoms with Crippen molar-refractivity contribution < 1.29 is 14.6 Å². The van der Waals surface area contributed by atoms with E-state index in [-0.39, 0.29) is 5.41 Å². The van der Waals surface area contributed by atoms with Crippen molar-refractivity contribution >= 4 is 5.97 Å². The van der Waals surface area contributed by atoms with Gasteiger partial charge in [-0.15, -0.1) is 0 Å². The van der Waals surface area contributed by atoms with Crippen molar-refractivity contribution in [1.82, 2.24) is 14.9 Å². The van der Waals surface area contributed by atoms with Crippen LogP contribution >= 0.6 is 0 Å². The fourth-order valence-corrected chi connectivity index (χ4v) is 5.12. The first kappa shape index (κ1) is 19.8. The van der Waals surface area contributed by atoms with Crippen LogP contribution in [0.2, 0.25) is 0 Å². The van der Waals surface area contributed by atoms with E-state index >= 15 is 0 Å². The highest BCUT2D eigenvalue weighted by Crippen LogP contribution is 2.43. The lowest BCUT2D eigenvalue weighted by Gasteiger charge is -2.48. The van der Waals surface area contributed by atoms with Crippen molar-refractivity contribution in [2.45, 2.75) is 18.3 Å². The third-order valence-electron chi connectivity index (χ3n) is 6.67. The summed E-state index contributed by atoms with van der Waals surface area (Å²) in [5, 5.41) is 10.1. The average Bonchev–Trinajstić information content (AvgIpc) is 3.17. The third kappa shape index (κ3) is 3.04. The Hall–Kier alpha value is -3.16. The zero-order valence-electron chi connectivity index (χ0n) is 17.7. The molecule has 0 amide bonds. The monoisotopic (exact) mass is 418 g/mol. The minimum atomic E-state index is -0.886. The molecule has 1 aliphatic carbocycles. The Balaban J connectivity index is 1.64. The predicted octanol–water partition coefficient (Wildman–Crippen LogP) is 2.69. The van der Waals surface area contributed by atoms with Gasteiger partial charge in [-0.2, -0.15) is 0 Å². The molecule has 7 nitrogen and oxygen atoms in total. The fraction of sp³-hybridized carbons (Fsp3) is 0.333. The van der Waals surface area contributed by atoms with Gasteiger partial charge in [-0.05, 0) is 61.3 Å². The van der Waals surface area contributed by atoms with E-state index in [0.29, 0.717) is 18.5 Å².